The first-order valence-electron chi connectivity index (χ1n) is 6.54. The van der Waals surface area contributed by atoms with Gasteiger partial charge in [-0.15, -0.1) is 11.3 Å². The normalized spacial score (nSPS) is 11.8. The monoisotopic (exact) mass is 326 g/mol. The molecule has 0 radical (unpaired) electrons. The zero-order chi connectivity index (χ0) is 15.5. The smallest absolute Gasteiger partial charge is 0.243 e. The molecule has 114 valence electrons. The second-order valence-electron chi connectivity index (χ2n) is 4.51. The lowest BCUT2D eigenvalue weighted by Gasteiger charge is -2.16. The second kappa shape index (κ2) is 6.55. The summed E-state index contributed by atoms with van der Waals surface area (Å²) in [6.07, 6.45) is 1.71. The summed E-state index contributed by atoms with van der Waals surface area (Å²) in [5.74, 6) is 0.664. The summed E-state index contributed by atoms with van der Waals surface area (Å²) in [5, 5.41) is 0.928. The number of aromatic nitrogens is 1. The molecule has 0 atom stereocenters. The predicted molar refractivity (Wildman–Crippen MR) is 83.1 cm³/mol. The van der Waals surface area contributed by atoms with Crippen LogP contribution in [0.15, 0.2) is 35.4 Å². The molecule has 0 unspecified atom stereocenters. The van der Waals surface area contributed by atoms with Crippen molar-refractivity contribution in [3.8, 4) is 5.75 Å². The van der Waals surface area contributed by atoms with E-state index in [9.17, 15) is 8.42 Å². The fraction of sp³-hybridized carbons (Fsp3) is 0.357. The van der Waals surface area contributed by atoms with Gasteiger partial charge in [-0.2, -0.15) is 4.31 Å². The van der Waals surface area contributed by atoms with Crippen molar-refractivity contribution >= 4 is 21.4 Å². The lowest BCUT2D eigenvalue weighted by atomic mass is 10.3. The number of thiazole rings is 1. The van der Waals surface area contributed by atoms with Crippen molar-refractivity contribution in [1.82, 2.24) is 9.29 Å². The Labute approximate surface area is 129 Å². The Hall–Kier alpha value is -1.44. The van der Waals surface area contributed by atoms with Crippen LogP contribution in [0.2, 0.25) is 0 Å². The Morgan fingerprint density at radius 3 is 2.48 bits per heavy atom. The van der Waals surface area contributed by atoms with E-state index in [1.165, 1.54) is 15.6 Å². The minimum atomic E-state index is -3.50. The van der Waals surface area contributed by atoms with Crippen molar-refractivity contribution in [3.05, 3.63) is 40.3 Å². The molecular weight excluding hydrogens is 308 g/mol. The molecule has 1 aromatic carbocycles. The highest BCUT2D eigenvalue weighted by molar-refractivity contribution is 7.89. The average molecular weight is 326 g/mol. The van der Waals surface area contributed by atoms with Gasteiger partial charge in [0.05, 0.1) is 16.5 Å². The van der Waals surface area contributed by atoms with Crippen LogP contribution in [-0.4, -0.2) is 31.4 Å². The number of benzene rings is 1. The van der Waals surface area contributed by atoms with Crippen LogP contribution in [0.5, 0.6) is 5.75 Å². The van der Waals surface area contributed by atoms with Crippen molar-refractivity contribution < 1.29 is 13.2 Å². The van der Waals surface area contributed by atoms with Crippen molar-refractivity contribution in [2.75, 3.05) is 13.7 Å². The fourth-order valence-corrected chi connectivity index (χ4v) is 3.92. The third kappa shape index (κ3) is 3.81. The standard InChI is InChI=1S/C14H18N2O3S2/c1-4-19-12-5-7-14(8-6-12)21(17,18)16(3)10-13-9-15-11(2)20-13/h5-9H,4,10H2,1-3H3. The molecular formula is C14H18N2O3S2. The lowest BCUT2D eigenvalue weighted by molar-refractivity contribution is 0.340. The Bertz CT molecular complexity index is 693. The number of aryl methyl sites for hydroxylation is 1. The predicted octanol–water partition coefficient (Wildman–Crippen LogP) is 2.67. The minimum absolute atomic E-state index is 0.259. The summed E-state index contributed by atoms with van der Waals surface area (Å²) in [6.45, 7) is 4.66. The van der Waals surface area contributed by atoms with Crippen molar-refractivity contribution in [3.63, 3.8) is 0 Å². The molecule has 0 aliphatic rings. The maximum absolute atomic E-state index is 12.5. The minimum Gasteiger partial charge on any atom is -0.494 e. The maximum atomic E-state index is 12.5. The van der Waals surface area contributed by atoms with Gasteiger partial charge in [-0.05, 0) is 38.1 Å². The summed E-state index contributed by atoms with van der Waals surface area (Å²) < 4.78 is 31.6. The molecule has 0 saturated carbocycles. The van der Waals surface area contributed by atoms with E-state index in [4.69, 9.17) is 4.74 Å². The number of nitrogens with zero attached hydrogens (tertiary/aromatic N) is 2. The zero-order valence-electron chi connectivity index (χ0n) is 12.2. The molecule has 21 heavy (non-hydrogen) atoms. The summed E-state index contributed by atoms with van der Waals surface area (Å²) in [5.41, 5.74) is 0. The van der Waals surface area contributed by atoms with E-state index in [1.807, 2.05) is 13.8 Å². The molecule has 0 spiro atoms. The largest absolute Gasteiger partial charge is 0.494 e. The second-order valence-corrected chi connectivity index (χ2v) is 7.88. The zero-order valence-corrected chi connectivity index (χ0v) is 13.9. The van der Waals surface area contributed by atoms with Gasteiger partial charge >= 0.3 is 0 Å². The first-order chi connectivity index (χ1) is 9.93. The summed E-state index contributed by atoms with van der Waals surface area (Å²) in [7, 11) is -1.93. The van der Waals surface area contributed by atoms with Gasteiger partial charge in [0.25, 0.3) is 0 Å². The van der Waals surface area contributed by atoms with Gasteiger partial charge < -0.3 is 4.74 Å². The van der Waals surface area contributed by atoms with Gasteiger partial charge in [-0.1, -0.05) is 0 Å². The molecule has 2 rings (SSSR count). The van der Waals surface area contributed by atoms with Gasteiger partial charge in [0.15, 0.2) is 0 Å². The summed E-state index contributed by atoms with van der Waals surface area (Å²) in [4.78, 5) is 5.32. The first kappa shape index (κ1) is 15.9. The van der Waals surface area contributed by atoms with E-state index in [1.54, 1.807) is 37.5 Å². The van der Waals surface area contributed by atoms with Gasteiger partial charge in [0.2, 0.25) is 10.0 Å². The van der Waals surface area contributed by atoms with E-state index < -0.39 is 10.0 Å². The topological polar surface area (TPSA) is 59.5 Å². The van der Waals surface area contributed by atoms with Gasteiger partial charge in [0, 0.05) is 24.7 Å². The Morgan fingerprint density at radius 2 is 1.95 bits per heavy atom. The molecule has 1 heterocycles. The molecule has 0 aliphatic carbocycles. The van der Waals surface area contributed by atoms with Crippen LogP contribution < -0.4 is 4.74 Å². The SMILES string of the molecule is CCOc1ccc(S(=O)(=O)N(C)Cc2cnc(C)s2)cc1. The Balaban J connectivity index is 2.16. The molecule has 2 aromatic rings. The van der Waals surface area contributed by atoms with Gasteiger partial charge in [-0.3, -0.25) is 0 Å². The van der Waals surface area contributed by atoms with Crippen LogP contribution in [0.25, 0.3) is 0 Å². The van der Waals surface area contributed by atoms with Crippen LogP contribution in [-0.2, 0) is 16.6 Å². The number of hydrogen-bond acceptors (Lipinski definition) is 5. The Kier molecular flexibility index (Phi) is 4.97. The highest BCUT2D eigenvalue weighted by atomic mass is 32.2. The fourth-order valence-electron chi connectivity index (χ4n) is 1.84. The van der Waals surface area contributed by atoms with E-state index in [0.29, 0.717) is 18.9 Å². The number of hydrogen-bond donors (Lipinski definition) is 0. The highest BCUT2D eigenvalue weighted by Crippen LogP contribution is 2.21. The van der Waals surface area contributed by atoms with Gasteiger partial charge in [0.1, 0.15) is 5.75 Å². The molecule has 0 N–H and O–H groups in total. The molecule has 0 amide bonds. The highest BCUT2D eigenvalue weighted by Gasteiger charge is 2.21. The third-order valence-corrected chi connectivity index (χ3v) is 5.61. The van der Waals surface area contributed by atoms with Crippen molar-refractivity contribution in [2.24, 2.45) is 0 Å². The molecule has 0 bridgehead atoms. The van der Waals surface area contributed by atoms with E-state index in [2.05, 4.69) is 4.98 Å². The molecule has 1 aromatic heterocycles. The van der Waals surface area contributed by atoms with Crippen LogP contribution in [0.4, 0.5) is 0 Å². The average Bonchev–Trinajstić information content (AvgIpc) is 2.85. The van der Waals surface area contributed by atoms with Gasteiger partial charge in [-0.25, -0.2) is 13.4 Å². The summed E-state index contributed by atoms with van der Waals surface area (Å²) in [6, 6.07) is 6.46. The van der Waals surface area contributed by atoms with Crippen LogP contribution in [0.3, 0.4) is 0 Å². The Morgan fingerprint density at radius 1 is 1.29 bits per heavy atom. The van der Waals surface area contributed by atoms with Crippen LogP contribution in [0.1, 0.15) is 16.8 Å². The van der Waals surface area contributed by atoms with Crippen LogP contribution >= 0.6 is 11.3 Å². The van der Waals surface area contributed by atoms with E-state index >= 15 is 0 Å². The van der Waals surface area contributed by atoms with E-state index in [-0.39, 0.29) is 4.90 Å². The lowest BCUT2D eigenvalue weighted by Crippen LogP contribution is -2.26. The first-order valence-corrected chi connectivity index (χ1v) is 8.79. The molecule has 7 heteroatoms. The van der Waals surface area contributed by atoms with E-state index in [0.717, 1.165) is 9.88 Å². The molecule has 0 aliphatic heterocycles. The number of rotatable bonds is 6. The van der Waals surface area contributed by atoms with Crippen molar-refractivity contribution in [2.45, 2.75) is 25.3 Å². The number of ether oxygens (including phenoxy) is 1. The number of sulfonamides is 1. The van der Waals surface area contributed by atoms with Crippen molar-refractivity contribution in [1.29, 1.82) is 0 Å². The third-order valence-electron chi connectivity index (χ3n) is 2.89. The summed E-state index contributed by atoms with van der Waals surface area (Å²) >= 11 is 1.50. The maximum Gasteiger partial charge on any atom is 0.243 e. The quantitative estimate of drug-likeness (QED) is 0.819. The molecule has 0 saturated heterocycles. The molecule has 5 nitrogen and oxygen atoms in total. The van der Waals surface area contributed by atoms with Crippen LogP contribution in [0, 0.1) is 6.92 Å². The molecule has 0 fully saturated rings.